The molecule has 4 rings (SSSR count). The number of anilines is 1. The summed E-state index contributed by atoms with van der Waals surface area (Å²) >= 11 is 1.48. The number of nitrogens with one attached hydrogen (secondary N) is 1. The first kappa shape index (κ1) is 18.6. The second kappa shape index (κ2) is 8.10. The van der Waals surface area contributed by atoms with Crippen molar-refractivity contribution in [3.63, 3.8) is 0 Å². The average Bonchev–Trinajstić information content (AvgIpc) is 3.18. The molecule has 1 N–H and O–H groups in total. The van der Waals surface area contributed by atoms with Crippen LogP contribution < -0.4 is 5.32 Å². The number of thiophene rings is 1. The number of fused-ring (bicyclic) bond motifs is 1. The topological polar surface area (TPSA) is 68.3 Å². The van der Waals surface area contributed by atoms with Crippen LogP contribution in [0.4, 0.5) is 5.69 Å². The lowest BCUT2D eigenvalue weighted by Crippen LogP contribution is -2.22. The van der Waals surface area contributed by atoms with E-state index in [-0.39, 0.29) is 17.8 Å². The van der Waals surface area contributed by atoms with Crippen molar-refractivity contribution in [1.29, 1.82) is 0 Å². The number of hydrogen-bond donors (Lipinski definition) is 1. The highest BCUT2D eigenvalue weighted by atomic mass is 32.1. The van der Waals surface area contributed by atoms with E-state index in [0.717, 1.165) is 41.5 Å². The van der Waals surface area contributed by atoms with Gasteiger partial charge in [0, 0.05) is 16.3 Å². The molecule has 0 unspecified atom stereocenters. The third kappa shape index (κ3) is 3.92. The molecular formula is C22H22N2O3S. The molecule has 0 atom stereocenters. The molecule has 1 aliphatic rings. The van der Waals surface area contributed by atoms with Crippen molar-refractivity contribution >= 4 is 39.0 Å². The van der Waals surface area contributed by atoms with Crippen LogP contribution in [0, 0.1) is 5.92 Å². The van der Waals surface area contributed by atoms with Crippen molar-refractivity contribution in [2.45, 2.75) is 31.6 Å². The number of nitrogens with zero attached hydrogens (tertiary/aromatic N) is 1. The molecule has 0 spiro atoms. The third-order valence-electron chi connectivity index (χ3n) is 5.37. The van der Waals surface area contributed by atoms with Crippen molar-refractivity contribution < 1.29 is 14.3 Å². The van der Waals surface area contributed by atoms with Gasteiger partial charge in [-0.05, 0) is 55.3 Å². The maximum absolute atomic E-state index is 12.5. The molecule has 5 nitrogen and oxygen atoms in total. The Morgan fingerprint density at radius 2 is 1.89 bits per heavy atom. The molecular weight excluding hydrogens is 372 g/mol. The molecule has 2 heterocycles. The highest BCUT2D eigenvalue weighted by molar-refractivity contribution is 7.20. The van der Waals surface area contributed by atoms with Gasteiger partial charge >= 0.3 is 5.97 Å². The van der Waals surface area contributed by atoms with E-state index in [9.17, 15) is 9.59 Å². The molecule has 0 aliphatic heterocycles. The van der Waals surface area contributed by atoms with Gasteiger partial charge in [-0.1, -0.05) is 18.2 Å². The number of hydrogen-bond acceptors (Lipinski definition) is 5. The van der Waals surface area contributed by atoms with Crippen molar-refractivity contribution in [2.75, 3.05) is 12.4 Å². The number of carbonyl (C=O) groups is 2. The van der Waals surface area contributed by atoms with Gasteiger partial charge in [0.15, 0.2) is 0 Å². The van der Waals surface area contributed by atoms with Crippen LogP contribution in [0.5, 0.6) is 0 Å². The van der Waals surface area contributed by atoms with Gasteiger partial charge in [0.1, 0.15) is 0 Å². The van der Waals surface area contributed by atoms with E-state index < -0.39 is 0 Å². The molecule has 0 bridgehead atoms. The molecule has 1 aromatic carbocycles. The summed E-state index contributed by atoms with van der Waals surface area (Å²) in [5, 5.41) is 4.00. The van der Waals surface area contributed by atoms with E-state index in [1.54, 1.807) is 6.20 Å². The fourth-order valence-electron chi connectivity index (χ4n) is 3.80. The number of esters is 1. The number of carbonyl (C=O) groups excluding carboxylic acids is 2. The second-order valence-electron chi connectivity index (χ2n) is 7.15. The Hall–Kier alpha value is -2.73. The number of benzene rings is 1. The van der Waals surface area contributed by atoms with Gasteiger partial charge in [-0.25, -0.2) is 0 Å². The number of rotatable bonds is 4. The molecule has 1 aliphatic carbocycles. The maximum atomic E-state index is 12.5. The molecule has 0 saturated heterocycles. The molecule has 28 heavy (non-hydrogen) atoms. The zero-order valence-corrected chi connectivity index (χ0v) is 16.5. The molecule has 1 saturated carbocycles. The lowest BCUT2D eigenvalue weighted by molar-refractivity contribution is -0.146. The van der Waals surface area contributed by atoms with Crippen LogP contribution in [0.3, 0.4) is 0 Å². The van der Waals surface area contributed by atoms with E-state index in [1.165, 1.54) is 18.4 Å². The summed E-state index contributed by atoms with van der Waals surface area (Å²) in [5.41, 5.74) is 1.71. The zero-order chi connectivity index (χ0) is 19.5. The van der Waals surface area contributed by atoms with Gasteiger partial charge in [0.25, 0.3) is 5.91 Å². The lowest BCUT2D eigenvalue weighted by atomic mass is 9.80. The first-order valence-corrected chi connectivity index (χ1v) is 10.3. The monoisotopic (exact) mass is 394 g/mol. The highest BCUT2D eigenvalue weighted by Gasteiger charge is 2.28. The van der Waals surface area contributed by atoms with Gasteiger partial charge in [-0.3, -0.25) is 14.6 Å². The first-order valence-electron chi connectivity index (χ1n) is 9.48. The van der Waals surface area contributed by atoms with Crippen molar-refractivity contribution in [3.8, 4) is 0 Å². The minimum atomic E-state index is -0.116. The van der Waals surface area contributed by atoms with Crippen LogP contribution in [0.25, 0.3) is 10.1 Å². The van der Waals surface area contributed by atoms with Crippen molar-refractivity contribution in [1.82, 2.24) is 4.98 Å². The van der Waals surface area contributed by atoms with Gasteiger partial charge in [0.05, 0.1) is 29.8 Å². The van der Waals surface area contributed by atoms with Crippen LogP contribution in [0.1, 0.15) is 47.0 Å². The van der Waals surface area contributed by atoms with E-state index in [2.05, 4.69) is 10.3 Å². The standard InChI is InChI=1S/C22H22N2O3S/c1-27-22(26)15-8-6-14(7-9-15)18-11-10-17(13-23-18)24-21(25)20-12-16-4-2-3-5-19(16)28-20/h2-5,10-15H,6-9H2,1H3,(H,24,25). The SMILES string of the molecule is COC(=O)C1CCC(c2ccc(NC(=O)c3cc4ccccc4s3)cn2)CC1. The maximum Gasteiger partial charge on any atom is 0.308 e. The molecule has 1 amide bonds. The minimum absolute atomic E-state index is 0.0149. The number of aromatic nitrogens is 1. The largest absolute Gasteiger partial charge is 0.469 e. The van der Waals surface area contributed by atoms with Crippen LogP contribution in [0.2, 0.25) is 0 Å². The number of amides is 1. The molecule has 2 aromatic heterocycles. The van der Waals surface area contributed by atoms with E-state index in [0.29, 0.717) is 16.5 Å². The first-order chi connectivity index (χ1) is 13.6. The average molecular weight is 394 g/mol. The zero-order valence-electron chi connectivity index (χ0n) is 15.7. The van der Waals surface area contributed by atoms with Gasteiger partial charge in [0.2, 0.25) is 0 Å². The second-order valence-corrected chi connectivity index (χ2v) is 8.23. The highest BCUT2D eigenvalue weighted by Crippen LogP contribution is 2.35. The summed E-state index contributed by atoms with van der Waals surface area (Å²) in [6.07, 6.45) is 5.25. The van der Waals surface area contributed by atoms with Crippen LogP contribution in [-0.4, -0.2) is 24.0 Å². The van der Waals surface area contributed by atoms with Crippen molar-refractivity contribution in [3.05, 3.63) is 59.2 Å². The fourth-order valence-corrected chi connectivity index (χ4v) is 4.76. The smallest absolute Gasteiger partial charge is 0.308 e. The Morgan fingerprint density at radius 3 is 2.57 bits per heavy atom. The van der Waals surface area contributed by atoms with Crippen LogP contribution in [0.15, 0.2) is 48.7 Å². The lowest BCUT2D eigenvalue weighted by Gasteiger charge is -2.26. The van der Waals surface area contributed by atoms with Crippen LogP contribution >= 0.6 is 11.3 Å². The van der Waals surface area contributed by atoms with Crippen LogP contribution in [-0.2, 0) is 9.53 Å². The van der Waals surface area contributed by atoms with E-state index in [1.807, 2.05) is 42.5 Å². The third-order valence-corrected chi connectivity index (χ3v) is 6.49. The molecule has 144 valence electrons. The number of pyridine rings is 1. The quantitative estimate of drug-likeness (QED) is 0.633. The molecule has 1 fully saturated rings. The van der Waals surface area contributed by atoms with Gasteiger partial charge in [-0.2, -0.15) is 0 Å². The summed E-state index contributed by atoms with van der Waals surface area (Å²) in [7, 11) is 1.45. The summed E-state index contributed by atoms with van der Waals surface area (Å²) in [6, 6.07) is 13.8. The summed E-state index contributed by atoms with van der Waals surface area (Å²) in [6.45, 7) is 0. The number of ether oxygens (including phenoxy) is 1. The van der Waals surface area contributed by atoms with E-state index >= 15 is 0 Å². The Balaban J connectivity index is 1.38. The minimum Gasteiger partial charge on any atom is -0.469 e. The van der Waals surface area contributed by atoms with Gasteiger partial charge in [-0.15, -0.1) is 11.3 Å². The Bertz CT molecular complexity index is 955. The molecule has 3 aromatic rings. The molecule has 0 radical (unpaired) electrons. The van der Waals surface area contributed by atoms with Crippen molar-refractivity contribution in [2.24, 2.45) is 5.92 Å². The number of methoxy groups -OCH3 is 1. The normalized spacial score (nSPS) is 19.3. The Labute approximate surface area is 167 Å². The predicted molar refractivity (Wildman–Crippen MR) is 111 cm³/mol. The summed E-state index contributed by atoms with van der Waals surface area (Å²) in [4.78, 5) is 29.4. The Kier molecular flexibility index (Phi) is 5.39. The molecule has 6 heteroatoms. The van der Waals surface area contributed by atoms with E-state index in [4.69, 9.17) is 4.74 Å². The predicted octanol–water partition coefficient (Wildman–Crippen LogP) is 5.00. The Morgan fingerprint density at radius 1 is 1.11 bits per heavy atom. The summed E-state index contributed by atoms with van der Waals surface area (Å²) < 4.78 is 5.95. The summed E-state index contributed by atoms with van der Waals surface area (Å²) in [5.74, 6) is 0.148. The van der Waals surface area contributed by atoms with Gasteiger partial charge < -0.3 is 10.1 Å². The fraction of sp³-hybridized carbons (Fsp3) is 0.318.